The van der Waals surface area contributed by atoms with Crippen molar-refractivity contribution in [2.24, 2.45) is 0 Å². The third-order valence-corrected chi connectivity index (χ3v) is 0. The number of hydrogen-bond donors (Lipinski definition) is 0. The van der Waals surface area contributed by atoms with Gasteiger partial charge in [0.25, 0.3) is 0 Å². The molecule has 4 heteroatoms. The monoisotopic (exact) mass is 167 g/mol. The quantitative estimate of drug-likeness (QED) is 0.410. The van der Waals surface area contributed by atoms with Gasteiger partial charge in [-0.2, -0.15) is 0 Å². The van der Waals surface area contributed by atoms with Crippen LogP contribution in [0.3, 0.4) is 0 Å². The third kappa shape index (κ3) is 9.03. The molecule has 0 fully saturated rings. The molecule has 0 bridgehead atoms. The van der Waals surface area contributed by atoms with Crippen LogP contribution in [-0.2, 0) is 3.08 Å². The fourth-order valence-corrected chi connectivity index (χ4v) is 0. The van der Waals surface area contributed by atoms with Gasteiger partial charge in [0, 0.05) is 41.9 Å². The van der Waals surface area contributed by atoms with Crippen LogP contribution in [0.25, 0.3) is 0 Å². The minimum absolute atomic E-state index is 0. The van der Waals surface area contributed by atoms with Gasteiger partial charge in [0.15, 0.2) is 0 Å². The van der Waals surface area contributed by atoms with Crippen LogP contribution in [0, 0.1) is 0 Å². The van der Waals surface area contributed by atoms with Gasteiger partial charge in [-0.25, -0.2) is 0 Å². The van der Waals surface area contributed by atoms with Crippen molar-refractivity contribution >= 4 is 64.4 Å². The molecule has 0 heterocycles. The van der Waals surface area contributed by atoms with Gasteiger partial charge in [-0.1, -0.05) is 0 Å². The van der Waals surface area contributed by atoms with E-state index < -0.39 is 0 Å². The summed E-state index contributed by atoms with van der Waals surface area (Å²) >= 11 is 0.300. The van der Waals surface area contributed by atoms with Crippen molar-refractivity contribution in [2.45, 2.75) is 0 Å². The predicted molar refractivity (Wildman–Crippen MR) is 17.9 cm³/mol. The second-order valence-electron chi connectivity index (χ2n) is 0. The van der Waals surface area contributed by atoms with Crippen LogP contribution in [0.15, 0.2) is 0 Å². The van der Waals surface area contributed by atoms with E-state index in [1.807, 2.05) is 0 Å². The summed E-state index contributed by atoms with van der Waals surface area (Å²) in [5.41, 5.74) is 0. The Labute approximate surface area is 66.7 Å². The molecule has 0 aliphatic heterocycles. The van der Waals surface area contributed by atoms with Crippen molar-refractivity contribution in [2.75, 3.05) is 0 Å². The van der Waals surface area contributed by atoms with E-state index >= 15 is 0 Å². The molecule has 13 valence electrons. The number of hydrogen-bond acceptors (Lipinski definition) is 1. The van der Waals surface area contributed by atoms with Gasteiger partial charge in [0.1, 0.15) is 0 Å². The second kappa shape index (κ2) is 20.2. The molecule has 1 nitrogen and oxygen atoms in total. The zero-order chi connectivity index (χ0) is 2.00. The van der Waals surface area contributed by atoms with Crippen molar-refractivity contribution in [3.63, 3.8) is 0 Å². The Hall–Kier alpha value is 1.96. The summed E-state index contributed by atoms with van der Waals surface area (Å²) in [5, 5.41) is 0. The van der Waals surface area contributed by atoms with E-state index in [0.29, 0.717) is 22.5 Å². The first-order chi connectivity index (χ1) is 1.00. The normalized spacial score (nSPS) is 1.00. The molecule has 0 saturated heterocycles. The molecule has 0 unspecified atom stereocenters. The summed E-state index contributed by atoms with van der Waals surface area (Å²) in [4.78, 5) is 0. The maximum atomic E-state index is 8.34. The van der Waals surface area contributed by atoms with Crippen molar-refractivity contribution in [3.8, 4) is 0 Å². The molecule has 0 saturated carbocycles. The fraction of sp³-hybridized carbons (Fsp3) is 0. The van der Waals surface area contributed by atoms with E-state index in [2.05, 4.69) is 0 Å². The first-order valence-electron chi connectivity index (χ1n) is 0.204. The van der Waals surface area contributed by atoms with Gasteiger partial charge in [0.05, 0.1) is 0 Å². The van der Waals surface area contributed by atoms with Gasteiger partial charge in [-0.15, -0.1) is 0 Å². The van der Waals surface area contributed by atoms with E-state index in [9.17, 15) is 0 Å². The van der Waals surface area contributed by atoms with E-state index in [1.54, 1.807) is 0 Å². The SMILES string of the molecule is [Li].[Mg].[O]=[Sn]. The Morgan fingerprint density at radius 1 is 1.25 bits per heavy atom. The maximum absolute atomic E-state index is 8.34. The second-order valence-corrected chi connectivity index (χ2v) is 0. The molecule has 5 radical (unpaired) electrons. The molecule has 0 aromatic heterocycles. The molecule has 0 aromatic carbocycles. The van der Waals surface area contributed by atoms with Gasteiger partial charge in [0.2, 0.25) is 0 Å². The molecular weight excluding hydrogens is 166 g/mol. The Bertz CT molecular complexity index is 8.00. The molecule has 0 amide bonds. The fourth-order valence-electron chi connectivity index (χ4n) is 0. The van der Waals surface area contributed by atoms with Gasteiger partial charge in [-0.3, -0.25) is 0 Å². The summed E-state index contributed by atoms with van der Waals surface area (Å²) < 4.78 is 8.34. The first kappa shape index (κ1) is 16.7. The third-order valence-electron chi connectivity index (χ3n) is 0. The zero-order valence-electron chi connectivity index (χ0n) is 2.62. The molecule has 0 rings (SSSR count). The summed E-state index contributed by atoms with van der Waals surface area (Å²) in [7, 11) is 0. The van der Waals surface area contributed by atoms with Crippen LogP contribution in [-0.4, -0.2) is 64.4 Å². The molecule has 0 aromatic rings. The van der Waals surface area contributed by atoms with E-state index in [1.165, 1.54) is 0 Å². The Morgan fingerprint density at radius 3 is 1.25 bits per heavy atom. The van der Waals surface area contributed by atoms with Crippen molar-refractivity contribution in [1.29, 1.82) is 0 Å². The van der Waals surface area contributed by atoms with Gasteiger partial charge < -0.3 is 0 Å². The summed E-state index contributed by atoms with van der Waals surface area (Å²) in [6.45, 7) is 0. The van der Waals surface area contributed by atoms with E-state index in [-0.39, 0.29) is 41.9 Å². The van der Waals surface area contributed by atoms with Crippen LogP contribution in [0.1, 0.15) is 0 Å². The van der Waals surface area contributed by atoms with Crippen molar-refractivity contribution in [3.05, 3.63) is 0 Å². The average Bonchev–Trinajstić information content (AvgIpc) is 1.00. The summed E-state index contributed by atoms with van der Waals surface area (Å²) in [6, 6.07) is 0. The Morgan fingerprint density at radius 2 is 1.25 bits per heavy atom. The van der Waals surface area contributed by atoms with Crippen LogP contribution in [0.4, 0.5) is 0 Å². The Balaban J connectivity index is -0.00000000500. The summed E-state index contributed by atoms with van der Waals surface area (Å²) in [5.74, 6) is 0. The van der Waals surface area contributed by atoms with Crippen molar-refractivity contribution in [1.82, 2.24) is 0 Å². The molecule has 0 N–H and O–H groups in total. The molecule has 0 atom stereocenters. The Kier molecular flexibility index (Phi) is 84.6. The average molecular weight is 166 g/mol. The molecular formula is LiMgOSn. The van der Waals surface area contributed by atoms with E-state index in [4.69, 9.17) is 3.08 Å². The van der Waals surface area contributed by atoms with Crippen LogP contribution in [0.2, 0.25) is 0 Å². The molecule has 0 spiro atoms. The van der Waals surface area contributed by atoms with Gasteiger partial charge in [-0.05, 0) is 0 Å². The van der Waals surface area contributed by atoms with Gasteiger partial charge >= 0.3 is 25.6 Å². The van der Waals surface area contributed by atoms with Crippen LogP contribution in [0.5, 0.6) is 0 Å². The zero-order valence-corrected chi connectivity index (χ0v) is 6.88. The van der Waals surface area contributed by atoms with Crippen molar-refractivity contribution < 1.29 is 3.08 Å². The molecule has 0 aliphatic carbocycles. The molecule has 0 aliphatic rings. The van der Waals surface area contributed by atoms with Crippen LogP contribution < -0.4 is 0 Å². The topological polar surface area (TPSA) is 17.1 Å². The first-order valence-corrected chi connectivity index (χ1v) is 1.37. The summed E-state index contributed by atoms with van der Waals surface area (Å²) in [6.07, 6.45) is 0. The predicted octanol–water partition coefficient (Wildman–Crippen LogP) is -1.26. The molecule has 4 heavy (non-hydrogen) atoms. The van der Waals surface area contributed by atoms with Crippen LogP contribution >= 0.6 is 0 Å². The van der Waals surface area contributed by atoms with E-state index in [0.717, 1.165) is 0 Å². The number of rotatable bonds is 0. The standard InChI is InChI=1S/Li.Mg.O.Sn. The minimum atomic E-state index is 0.